The minimum absolute atomic E-state index is 0.232. The molecule has 3 nitrogen and oxygen atoms in total. The third-order valence-electron chi connectivity index (χ3n) is 2.90. The van der Waals surface area contributed by atoms with Crippen LogP contribution in [0.3, 0.4) is 0 Å². The maximum atomic E-state index is 10.9. The van der Waals surface area contributed by atoms with Crippen molar-refractivity contribution < 1.29 is 4.79 Å². The summed E-state index contributed by atoms with van der Waals surface area (Å²) in [4.78, 5) is 15.0. The van der Waals surface area contributed by atoms with Gasteiger partial charge in [0, 0.05) is 10.9 Å². The summed E-state index contributed by atoms with van der Waals surface area (Å²) in [5.74, 6) is -0.555. The van der Waals surface area contributed by atoms with E-state index in [1.165, 1.54) is 30.6 Å². The number of primary amides is 1. The Morgan fingerprint density at radius 1 is 1.35 bits per heavy atom. The fourth-order valence-electron chi connectivity index (χ4n) is 1.67. The fourth-order valence-corrected chi connectivity index (χ4v) is 2.95. The zero-order chi connectivity index (χ0) is 19.9. The van der Waals surface area contributed by atoms with Crippen LogP contribution in [-0.4, -0.2) is 10.9 Å². The SMILES string of the molecule is C/C=C/CCCC.C=CC.NC(=O)c1csc(-c2cccc(Cl)c2Cl)n1. The highest BCUT2D eigenvalue weighted by Crippen LogP contribution is 2.34. The highest BCUT2D eigenvalue weighted by atomic mass is 35.5. The number of carbonyl (C=O) groups is 1. The predicted octanol–water partition coefficient (Wildman–Crippen LogP) is 7.16. The summed E-state index contributed by atoms with van der Waals surface area (Å²) in [6.07, 6.45) is 9.97. The number of rotatable bonds is 5. The van der Waals surface area contributed by atoms with Gasteiger partial charge in [-0.25, -0.2) is 4.98 Å². The van der Waals surface area contributed by atoms with Crippen LogP contribution in [-0.2, 0) is 0 Å². The minimum atomic E-state index is -0.555. The van der Waals surface area contributed by atoms with Crippen molar-refractivity contribution in [2.75, 3.05) is 0 Å². The lowest BCUT2D eigenvalue weighted by molar-refractivity contribution is 0.0996. The topological polar surface area (TPSA) is 56.0 Å². The van der Waals surface area contributed by atoms with Gasteiger partial charge in [0.2, 0.25) is 0 Å². The number of benzene rings is 1. The number of thiazole rings is 1. The average molecular weight is 413 g/mol. The van der Waals surface area contributed by atoms with E-state index < -0.39 is 5.91 Å². The van der Waals surface area contributed by atoms with E-state index in [-0.39, 0.29) is 5.69 Å². The molecule has 0 saturated heterocycles. The van der Waals surface area contributed by atoms with E-state index in [2.05, 4.69) is 37.6 Å². The molecule has 142 valence electrons. The van der Waals surface area contributed by atoms with Crippen LogP contribution in [0.5, 0.6) is 0 Å². The molecule has 1 aromatic heterocycles. The second-order valence-corrected chi connectivity index (χ2v) is 6.77. The summed E-state index contributed by atoms with van der Waals surface area (Å²) in [7, 11) is 0. The Hall–Kier alpha value is -1.62. The maximum Gasteiger partial charge on any atom is 0.268 e. The Bertz CT molecular complexity index is 712. The summed E-state index contributed by atoms with van der Waals surface area (Å²) in [6.45, 7) is 9.53. The van der Waals surface area contributed by atoms with Gasteiger partial charge in [0.1, 0.15) is 10.7 Å². The van der Waals surface area contributed by atoms with Crippen LogP contribution in [0.15, 0.2) is 48.4 Å². The van der Waals surface area contributed by atoms with Crippen LogP contribution < -0.4 is 5.73 Å². The minimum Gasteiger partial charge on any atom is -0.364 e. The van der Waals surface area contributed by atoms with Crippen molar-refractivity contribution in [1.29, 1.82) is 0 Å². The van der Waals surface area contributed by atoms with Gasteiger partial charge in [0.25, 0.3) is 5.91 Å². The summed E-state index contributed by atoms with van der Waals surface area (Å²) >= 11 is 13.2. The molecule has 0 saturated carbocycles. The molecule has 2 aromatic rings. The molecular weight excluding hydrogens is 387 g/mol. The molecule has 0 unspecified atom stereocenters. The second-order valence-electron chi connectivity index (χ2n) is 5.12. The Labute approximate surface area is 170 Å². The zero-order valence-corrected chi connectivity index (χ0v) is 17.8. The molecule has 0 spiro atoms. The number of hydrogen-bond acceptors (Lipinski definition) is 3. The molecule has 0 bridgehead atoms. The number of aromatic nitrogens is 1. The largest absolute Gasteiger partial charge is 0.364 e. The van der Waals surface area contributed by atoms with E-state index in [0.717, 1.165) is 0 Å². The number of allylic oxidation sites excluding steroid dienone is 3. The smallest absolute Gasteiger partial charge is 0.268 e. The van der Waals surface area contributed by atoms with E-state index in [1.807, 2.05) is 6.92 Å². The van der Waals surface area contributed by atoms with Crippen LogP contribution in [0.1, 0.15) is 50.5 Å². The van der Waals surface area contributed by atoms with E-state index >= 15 is 0 Å². The van der Waals surface area contributed by atoms with E-state index in [1.54, 1.807) is 29.7 Å². The first-order valence-electron chi connectivity index (χ1n) is 8.30. The van der Waals surface area contributed by atoms with Crippen molar-refractivity contribution in [1.82, 2.24) is 4.98 Å². The maximum absolute atomic E-state index is 10.9. The van der Waals surface area contributed by atoms with Gasteiger partial charge < -0.3 is 5.73 Å². The molecule has 0 aliphatic rings. The zero-order valence-electron chi connectivity index (χ0n) is 15.5. The average Bonchev–Trinajstić information content (AvgIpc) is 3.09. The molecule has 1 aromatic carbocycles. The quantitative estimate of drug-likeness (QED) is 0.418. The van der Waals surface area contributed by atoms with Gasteiger partial charge in [-0.1, -0.05) is 73.3 Å². The van der Waals surface area contributed by atoms with Gasteiger partial charge in [-0.2, -0.15) is 0 Å². The van der Waals surface area contributed by atoms with Gasteiger partial charge in [0.05, 0.1) is 10.0 Å². The number of nitrogens with two attached hydrogens (primary N) is 1. The standard InChI is InChI=1S/C10H6Cl2N2OS.C7H14.C3H6/c11-6-3-1-2-5(8(6)12)10-14-7(4-16-10)9(13)15;1-3-5-7-6-4-2;1-3-2/h1-4H,(H2,13,15);3,5H,4,6-7H2,1-2H3;3H,1H2,2H3/b;5-3+;. The number of unbranched alkanes of at least 4 members (excludes halogenated alkanes) is 2. The van der Waals surface area contributed by atoms with E-state index in [4.69, 9.17) is 28.9 Å². The van der Waals surface area contributed by atoms with E-state index in [0.29, 0.717) is 20.6 Å². The van der Waals surface area contributed by atoms with Crippen LogP contribution in [0.2, 0.25) is 10.0 Å². The monoisotopic (exact) mass is 412 g/mol. The fraction of sp³-hybridized carbons (Fsp3) is 0.300. The number of carbonyl (C=O) groups excluding carboxylic acids is 1. The van der Waals surface area contributed by atoms with Crippen molar-refractivity contribution in [3.63, 3.8) is 0 Å². The lowest BCUT2D eigenvalue weighted by atomic mass is 10.2. The Morgan fingerprint density at radius 3 is 2.50 bits per heavy atom. The highest BCUT2D eigenvalue weighted by molar-refractivity contribution is 7.13. The van der Waals surface area contributed by atoms with E-state index in [9.17, 15) is 4.79 Å². The molecule has 0 aliphatic heterocycles. The molecule has 0 fully saturated rings. The first kappa shape index (κ1) is 24.4. The molecule has 1 amide bonds. The van der Waals surface area contributed by atoms with Crippen molar-refractivity contribution in [2.24, 2.45) is 5.73 Å². The molecule has 0 radical (unpaired) electrons. The van der Waals surface area contributed by atoms with Gasteiger partial charge in [-0.3, -0.25) is 4.79 Å². The Morgan fingerprint density at radius 2 is 2.00 bits per heavy atom. The summed E-state index contributed by atoms with van der Waals surface area (Å²) in [5, 5.41) is 3.10. The third-order valence-corrected chi connectivity index (χ3v) is 4.59. The van der Waals surface area contributed by atoms with Crippen LogP contribution in [0.25, 0.3) is 10.6 Å². The lowest BCUT2D eigenvalue weighted by Gasteiger charge is -2.01. The van der Waals surface area contributed by atoms with Gasteiger partial charge in [-0.15, -0.1) is 17.9 Å². The molecule has 0 aliphatic carbocycles. The molecular formula is C20H26Cl2N2OS. The molecule has 26 heavy (non-hydrogen) atoms. The van der Waals surface area contributed by atoms with Crippen molar-refractivity contribution >= 4 is 40.4 Å². The summed E-state index contributed by atoms with van der Waals surface area (Å²) in [5.41, 5.74) is 6.05. The predicted molar refractivity (Wildman–Crippen MR) is 116 cm³/mol. The van der Waals surface area contributed by atoms with Gasteiger partial charge in [-0.05, 0) is 26.3 Å². The molecule has 2 rings (SSSR count). The first-order valence-corrected chi connectivity index (χ1v) is 9.94. The van der Waals surface area contributed by atoms with Crippen molar-refractivity contribution in [3.8, 4) is 10.6 Å². The summed E-state index contributed by atoms with van der Waals surface area (Å²) < 4.78 is 0. The van der Waals surface area contributed by atoms with Crippen LogP contribution in [0, 0.1) is 0 Å². The Balaban J connectivity index is 0.000000526. The highest BCUT2D eigenvalue weighted by Gasteiger charge is 2.12. The number of halogens is 2. The lowest BCUT2D eigenvalue weighted by Crippen LogP contribution is -2.10. The normalized spacial score (nSPS) is 9.73. The number of nitrogens with zero attached hydrogens (tertiary/aromatic N) is 1. The second kappa shape index (κ2) is 14.5. The van der Waals surface area contributed by atoms with Crippen molar-refractivity contribution in [2.45, 2.75) is 40.0 Å². The Kier molecular flexibility index (Phi) is 13.6. The van der Waals surface area contributed by atoms with Crippen molar-refractivity contribution in [3.05, 3.63) is 64.1 Å². The molecule has 1 heterocycles. The van der Waals surface area contributed by atoms with Gasteiger partial charge in [0.15, 0.2) is 0 Å². The summed E-state index contributed by atoms with van der Waals surface area (Å²) in [6, 6.07) is 5.25. The first-order chi connectivity index (χ1) is 12.4. The van der Waals surface area contributed by atoms with Crippen LogP contribution in [0.4, 0.5) is 0 Å². The van der Waals surface area contributed by atoms with Gasteiger partial charge >= 0.3 is 0 Å². The number of hydrogen-bond donors (Lipinski definition) is 1. The molecule has 6 heteroatoms. The molecule has 0 atom stereocenters. The third kappa shape index (κ3) is 9.18. The number of amides is 1. The molecule has 2 N–H and O–H groups in total. The van der Waals surface area contributed by atoms with Crippen LogP contribution >= 0.6 is 34.5 Å².